The zero-order valence-electron chi connectivity index (χ0n) is 19.7. The van der Waals surface area contributed by atoms with Crippen LogP contribution in [0.25, 0.3) is 22.0 Å². The van der Waals surface area contributed by atoms with Crippen LogP contribution in [0.5, 0.6) is 5.75 Å². The molecule has 4 nitrogen and oxygen atoms in total. The molecule has 1 fully saturated rings. The second-order valence-corrected chi connectivity index (χ2v) is 10.3. The van der Waals surface area contributed by atoms with Gasteiger partial charge < -0.3 is 14.6 Å². The van der Waals surface area contributed by atoms with E-state index in [1.54, 1.807) is 0 Å². The number of hydrogen-bond acceptors (Lipinski definition) is 2. The van der Waals surface area contributed by atoms with E-state index in [9.17, 15) is 4.79 Å². The lowest BCUT2D eigenvalue weighted by molar-refractivity contribution is -0.136. The van der Waals surface area contributed by atoms with E-state index >= 15 is 0 Å². The van der Waals surface area contributed by atoms with Crippen molar-refractivity contribution in [1.82, 2.24) is 9.88 Å². The average molecular weight is 453 g/mol. The molecule has 0 spiro atoms. The van der Waals surface area contributed by atoms with Gasteiger partial charge >= 0.3 is 0 Å². The highest BCUT2D eigenvalue weighted by Gasteiger charge is 2.36. The van der Waals surface area contributed by atoms with Crippen molar-refractivity contribution in [2.24, 2.45) is 7.05 Å². The summed E-state index contributed by atoms with van der Waals surface area (Å²) in [5.74, 6) is 0.622. The molecule has 0 saturated heterocycles. The summed E-state index contributed by atoms with van der Waals surface area (Å²) < 4.78 is 8.46. The second kappa shape index (κ2) is 8.47. The number of aryl methyl sites for hydroxylation is 1. The van der Waals surface area contributed by atoms with Gasteiger partial charge in [-0.1, -0.05) is 43.0 Å². The molecule has 0 aliphatic heterocycles. The first-order valence-corrected chi connectivity index (χ1v) is 11.8. The van der Waals surface area contributed by atoms with Gasteiger partial charge in [-0.05, 0) is 76.4 Å². The minimum absolute atomic E-state index is 0.0656. The number of halogens is 1. The van der Waals surface area contributed by atoms with Gasteiger partial charge in [0, 0.05) is 39.8 Å². The number of aromatic nitrogens is 1. The second-order valence-electron chi connectivity index (χ2n) is 9.89. The molecule has 3 aromatic rings. The SMILES string of the molecule is Cc1c(-c2ccc(Cl)cc2)c2cc(OC(C)(C)C(=O)NC3(C)CCCCC3)ccc2n1C. The molecule has 1 N–H and O–H groups in total. The van der Waals surface area contributed by atoms with Crippen molar-refractivity contribution in [3.8, 4) is 16.9 Å². The third-order valence-corrected chi connectivity index (χ3v) is 7.14. The molecule has 4 rings (SSSR count). The van der Waals surface area contributed by atoms with Crippen LogP contribution in [0.1, 0.15) is 58.6 Å². The van der Waals surface area contributed by atoms with Crippen molar-refractivity contribution in [3.05, 3.63) is 53.2 Å². The molecule has 1 aliphatic rings. The summed E-state index contributed by atoms with van der Waals surface area (Å²) in [5, 5.41) is 5.08. The normalized spacial score (nSPS) is 16.2. The molecule has 0 radical (unpaired) electrons. The van der Waals surface area contributed by atoms with Crippen LogP contribution in [0.2, 0.25) is 5.02 Å². The Hall–Kier alpha value is -2.46. The minimum Gasteiger partial charge on any atom is -0.478 e. The largest absolute Gasteiger partial charge is 0.478 e. The van der Waals surface area contributed by atoms with Crippen LogP contribution in [-0.4, -0.2) is 21.6 Å². The summed E-state index contributed by atoms with van der Waals surface area (Å²) in [6, 6.07) is 14.0. The van der Waals surface area contributed by atoms with Gasteiger partial charge in [0.1, 0.15) is 5.75 Å². The number of rotatable bonds is 5. The van der Waals surface area contributed by atoms with E-state index in [-0.39, 0.29) is 11.4 Å². The molecule has 1 amide bonds. The lowest BCUT2D eigenvalue weighted by Gasteiger charge is -2.37. The maximum atomic E-state index is 13.1. The van der Waals surface area contributed by atoms with Gasteiger partial charge in [-0.3, -0.25) is 4.79 Å². The Labute approximate surface area is 195 Å². The van der Waals surface area contributed by atoms with E-state index in [1.807, 2.05) is 50.2 Å². The van der Waals surface area contributed by atoms with Gasteiger partial charge in [0.15, 0.2) is 5.60 Å². The van der Waals surface area contributed by atoms with Gasteiger partial charge in [0.25, 0.3) is 5.91 Å². The zero-order chi connectivity index (χ0) is 23.1. The fourth-order valence-electron chi connectivity index (χ4n) is 4.82. The van der Waals surface area contributed by atoms with Crippen LogP contribution in [0.3, 0.4) is 0 Å². The quantitative estimate of drug-likeness (QED) is 0.462. The van der Waals surface area contributed by atoms with Crippen molar-refractivity contribution in [1.29, 1.82) is 0 Å². The molecule has 0 atom stereocenters. The van der Waals surface area contributed by atoms with Crippen LogP contribution in [0, 0.1) is 6.92 Å². The molecular weight excluding hydrogens is 420 g/mol. The Balaban J connectivity index is 1.64. The first kappa shape index (κ1) is 22.7. The van der Waals surface area contributed by atoms with Gasteiger partial charge in [-0.15, -0.1) is 0 Å². The molecule has 5 heteroatoms. The van der Waals surface area contributed by atoms with Crippen LogP contribution < -0.4 is 10.1 Å². The van der Waals surface area contributed by atoms with Crippen molar-refractivity contribution in [2.45, 2.75) is 70.9 Å². The Morgan fingerprint density at radius 3 is 2.41 bits per heavy atom. The number of benzene rings is 2. The predicted molar refractivity (Wildman–Crippen MR) is 132 cm³/mol. The standard InChI is InChI=1S/C27H33ClN2O2/c1-18-24(19-9-11-20(28)12-10-19)22-17-21(13-14-23(22)30(18)5)32-26(2,3)25(31)29-27(4)15-7-6-8-16-27/h9-14,17H,6-8,15-16H2,1-5H3,(H,29,31). The van der Waals surface area contributed by atoms with Crippen molar-refractivity contribution >= 4 is 28.4 Å². The zero-order valence-corrected chi connectivity index (χ0v) is 20.5. The van der Waals surface area contributed by atoms with E-state index in [0.717, 1.165) is 52.7 Å². The van der Waals surface area contributed by atoms with Crippen molar-refractivity contribution in [3.63, 3.8) is 0 Å². The van der Waals surface area contributed by atoms with E-state index in [4.69, 9.17) is 16.3 Å². The Bertz CT molecular complexity index is 1140. The molecule has 0 unspecified atom stereocenters. The van der Waals surface area contributed by atoms with Gasteiger partial charge in [-0.2, -0.15) is 0 Å². The summed E-state index contributed by atoms with van der Waals surface area (Å²) in [7, 11) is 2.07. The summed E-state index contributed by atoms with van der Waals surface area (Å²) in [6.07, 6.45) is 5.62. The van der Waals surface area contributed by atoms with E-state index in [2.05, 4.69) is 36.8 Å². The summed E-state index contributed by atoms with van der Waals surface area (Å²) >= 11 is 6.11. The molecule has 170 valence electrons. The smallest absolute Gasteiger partial charge is 0.264 e. The molecule has 1 heterocycles. The van der Waals surface area contributed by atoms with Crippen LogP contribution in [-0.2, 0) is 11.8 Å². The Morgan fingerprint density at radius 1 is 1.09 bits per heavy atom. The number of ether oxygens (including phenoxy) is 1. The number of amides is 1. The lowest BCUT2D eigenvalue weighted by Crippen LogP contribution is -2.55. The number of carbonyl (C=O) groups excluding carboxylic acids is 1. The fraction of sp³-hybridized carbons (Fsp3) is 0.444. The minimum atomic E-state index is -0.974. The molecule has 1 saturated carbocycles. The summed E-state index contributed by atoms with van der Waals surface area (Å²) in [5.41, 5.74) is 3.44. The van der Waals surface area contributed by atoms with Crippen molar-refractivity contribution in [2.75, 3.05) is 0 Å². The summed E-state index contributed by atoms with van der Waals surface area (Å²) in [4.78, 5) is 13.1. The molecule has 32 heavy (non-hydrogen) atoms. The van der Waals surface area contributed by atoms with E-state index < -0.39 is 5.60 Å². The van der Waals surface area contributed by atoms with Crippen LogP contribution >= 0.6 is 11.6 Å². The molecule has 1 aliphatic carbocycles. The maximum Gasteiger partial charge on any atom is 0.264 e. The monoisotopic (exact) mass is 452 g/mol. The highest BCUT2D eigenvalue weighted by Crippen LogP contribution is 2.37. The molecular formula is C27H33ClN2O2. The topological polar surface area (TPSA) is 43.3 Å². The first-order valence-electron chi connectivity index (χ1n) is 11.5. The first-order chi connectivity index (χ1) is 15.1. The number of nitrogens with zero attached hydrogens (tertiary/aromatic N) is 1. The number of fused-ring (bicyclic) bond motifs is 1. The van der Waals surface area contributed by atoms with Gasteiger partial charge in [0.05, 0.1) is 0 Å². The Morgan fingerprint density at radius 2 is 1.75 bits per heavy atom. The number of nitrogens with one attached hydrogen (secondary N) is 1. The van der Waals surface area contributed by atoms with Crippen molar-refractivity contribution < 1.29 is 9.53 Å². The average Bonchev–Trinajstić information content (AvgIpc) is 2.98. The highest BCUT2D eigenvalue weighted by atomic mass is 35.5. The van der Waals surface area contributed by atoms with Crippen LogP contribution in [0.4, 0.5) is 0 Å². The maximum absolute atomic E-state index is 13.1. The van der Waals surface area contributed by atoms with E-state index in [1.165, 1.54) is 12.1 Å². The van der Waals surface area contributed by atoms with Gasteiger partial charge in [-0.25, -0.2) is 0 Å². The molecule has 1 aromatic heterocycles. The van der Waals surface area contributed by atoms with E-state index in [0.29, 0.717) is 5.75 Å². The number of carbonyl (C=O) groups is 1. The Kier molecular flexibility index (Phi) is 6.02. The lowest BCUT2D eigenvalue weighted by atomic mass is 9.83. The molecule has 2 aromatic carbocycles. The third-order valence-electron chi connectivity index (χ3n) is 6.89. The fourth-order valence-corrected chi connectivity index (χ4v) is 4.94. The van der Waals surface area contributed by atoms with Crippen LogP contribution in [0.15, 0.2) is 42.5 Å². The third kappa shape index (κ3) is 4.38. The number of hydrogen-bond donors (Lipinski definition) is 1. The summed E-state index contributed by atoms with van der Waals surface area (Å²) in [6.45, 7) is 7.95. The molecule has 0 bridgehead atoms. The van der Waals surface area contributed by atoms with Gasteiger partial charge in [0.2, 0.25) is 0 Å². The predicted octanol–water partition coefficient (Wildman–Crippen LogP) is 6.80. The highest BCUT2D eigenvalue weighted by molar-refractivity contribution is 6.30.